The second-order valence-corrected chi connectivity index (χ2v) is 9.00. The van der Waals surface area contributed by atoms with Crippen LogP contribution in [0.25, 0.3) is 6.08 Å². The average Bonchev–Trinajstić information content (AvgIpc) is 2.77. The van der Waals surface area contributed by atoms with Crippen LogP contribution in [0.4, 0.5) is 5.69 Å². The van der Waals surface area contributed by atoms with Crippen molar-refractivity contribution in [2.24, 2.45) is 0 Å². The number of anilines is 1. The molecule has 3 N–H and O–H groups in total. The van der Waals surface area contributed by atoms with Gasteiger partial charge in [0.15, 0.2) is 0 Å². The lowest BCUT2D eigenvalue weighted by atomic mass is 10.1. The van der Waals surface area contributed by atoms with Crippen molar-refractivity contribution in [3.8, 4) is 0 Å². The molecule has 0 aliphatic carbocycles. The minimum atomic E-state index is -0.200. The van der Waals surface area contributed by atoms with Crippen LogP contribution >= 0.6 is 23.4 Å². The maximum atomic E-state index is 12.6. The van der Waals surface area contributed by atoms with Crippen LogP contribution in [0.3, 0.4) is 0 Å². The Balaban J connectivity index is 1.61. The van der Waals surface area contributed by atoms with Gasteiger partial charge in [0.05, 0.1) is 30.2 Å². The van der Waals surface area contributed by atoms with Gasteiger partial charge in [0.25, 0.3) is 11.8 Å². The number of fused-ring (bicyclic) bond motifs is 1. The number of carbonyl (C=O) groups is 2. The molecule has 2 amide bonds. The fourth-order valence-corrected chi connectivity index (χ4v) is 4.62. The summed E-state index contributed by atoms with van der Waals surface area (Å²) in [7, 11) is 0. The van der Waals surface area contributed by atoms with Crippen molar-refractivity contribution in [1.82, 2.24) is 5.32 Å². The van der Waals surface area contributed by atoms with E-state index in [-0.39, 0.29) is 11.8 Å². The van der Waals surface area contributed by atoms with E-state index in [2.05, 4.69) is 24.5 Å². The minimum Gasteiger partial charge on any atom is -0.352 e. The Kier molecular flexibility index (Phi) is 8.58. The predicted molar refractivity (Wildman–Crippen MR) is 129 cm³/mol. The first kappa shape index (κ1) is 23.4. The zero-order chi connectivity index (χ0) is 22.2. The van der Waals surface area contributed by atoms with Gasteiger partial charge in [-0.05, 0) is 49.2 Å². The second kappa shape index (κ2) is 11.4. The Morgan fingerprint density at radius 3 is 2.74 bits per heavy atom. The van der Waals surface area contributed by atoms with Crippen LogP contribution in [0.15, 0.2) is 52.3 Å². The summed E-state index contributed by atoms with van der Waals surface area (Å²) in [6.45, 7) is 8.37. The van der Waals surface area contributed by atoms with Gasteiger partial charge in [-0.25, -0.2) is 0 Å². The molecular formula is C24H29ClN3O2S+. The number of hydrogen-bond acceptors (Lipinski definition) is 3. The van der Waals surface area contributed by atoms with E-state index in [1.54, 1.807) is 29.2 Å². The Hall–Kier alpha value is -2.28. The van der Waals surface area contributed by atoms with Crippen molar-refractivity contribution in [3.05, 3.63) is 63.5 Å². The molecule has 2 aromatic carbocycles. The summed E-state index contributed by atoms with van der Waals surface area (Å²) in [5.41, 5.74) is 2.00. The highest BCUT2D eigenvalue weighted by Gasteiger charge is 2.22. The third-order valence-electron chi connectivity index (χ3n) is 5.22. The minimum absolute atomic E-state index is 0.118. The monoisotopic (exact) mass is 458 g/mol. The van der Waals surface area contributed by atoms with Crippen molar-refractivity contribution in [3.63, 3.8) is 0 Å². The second-order valence-electron chi connectivity index (χ2n) is 7.51. The van der Waals surface area contributed by atoms with Crippen molar-refractivity contribution in [2.45, 2.75) is 31.6 Å². The van der Waals surface area contributed by atoms with E-state index in [9.17, 15) is 9.59 Å². The van der Waals surface area contributed by atoms with E-state index in [1.807, 2.05) is 24.3 Å². The fraction of sp³-hybridized carbons (Fsp3) is 0.333. The number of amides is 2. The molecule has 31 heavy (non-hydrogen) atoms. The molecule has 1 aliphatic rings. The van der Waals surface area contributed by atoms with Gasteiger partial charge in [-0.3, -0.25) is 9.59 Å². The first-order valence-electron chi connectivity index (χ1n) is 10.7. The van der Waals surface area contributed by atoms with Crippen LogP contribution in [0, 0.1) is 0 Å². The molecule has 7 heteroatoms. The number of thioether (sulfide) groups is 1. The Morgan fingerprint density at radius 1 is 1.19 bits per heavy atom. The largest absolute Gasteiger partial charge is 0.352 e. The topological polar surface area (TPSA) is 62.6 Å². The van der Waals surface area contributed by atoms with Gasteiger partial charge in [-0.15, -0.1) is 0 Å². The summed E-state index contributed by atoms with van der Waals surface area (Å²) in [5.74, 6) is -0.318. The van der Waals surface area contributed by atoms with E-state index in [4.69, 9.17) is 11.6 Å². The average molecular weight is 459 g/mol. The van der Waals surface area contributed by atoms with Crippen LogP contribution in [-0.2, 0) is 4.79 Å². The highest BCUT2D eigenvalue weighted by Crippen LogP contribution is 2.39. The van der Waals surface area contributed by atoms with Gasteiger partial charge in [-0.2, -0.15) is 0 Å². The molecular weight excluding hydrogens is 430 g/mol. The van der Waals surface area contributed by atoms with Crippen LogP contribution in [0.2, 0.25) is 5.02 Å². The normalized spacial score (nSPS) is 15.3. The number of rotatable bonds is 9. The molecule has 0 saturated heterocycles. The molecule has 2 aromatic rings. The Labute approximate surface area is 193 Å². The van der Waals surface area contributed by atoms with E-state index in [1.165, 1.54) is 24.7 Å². The van der Waals surface area contributed by atoms with Crippen molar-refractivity contribution < 1.29 is 14.5 Å². The number of hydrogen-bond donors (Lipinski definition) is 3. The first-order chi connectivity index (χ1) is 15.0. The van der Waals surface area contributed by atoms with Crippen LogP contribution in [0.1, 0.15) is 42.6 Å². The van der Waals surface area contributed by atoms with Crippen molar-refractivity contribution in [1.29, 1.82) is 0 Å². The molecule has 0 saturated carbocycles. The quantitative estimate of drug-likeness (QED) is 0.395. The standard InChI is InChI=1S/C24H28ClN3O2S/c1-3-13-28(4-2)14-7-12-26-23(29)18-10-11-21-20(15-18)27-24(30)22(31-21)16-17-8-5-6-9-19(17)25/h5-6,8-11,15-16H,3-4,7,12-14H2,1-2H3,(H,26,29)(H,27,30)/p+1. The molecule has 1 aliphatic heterocycles. The molecule has 5 nitrogen and oxygen atoms in total. The molecule has 3 rings (SSSR count). The molecule has 0 bridgehead atoms. The number of nitrogens with one attached hydrogen (secondary N) is 3. The van der Waals surface area contributed by atoms with Crippen LogP contribution in [0.5, 0.6) is 0 Å². The lowest BCUT2D eigenvalue weighted by Gasteiger charge is -2.19. The number of carbonyl (C=O) groups excluding carboxylic acids is 2. The smallest absolute Gasteiger partial charge is 0.262 e. The number of benzene rings is 2. The van der Waals surface area contributed by atoms with E-state index < -0.39 is 0 Å². The third-order valence-corrected chi connectivity index (χ3v) is 6.66. The van der Waals surface area contributed by atoms with Gasteiger partial charge in [0.1, 0.15) is 0 Å². The third kappa shape index (κ3) is 6.35. The Morgan fingerprint density at radius 2 is 2.00 bits per heavy atom. The summed E-state index contributed by atoms with van der Waals surface area (Å²) >= 11 is 7.59. The maximum absolute atomic E-state index is 12.6. The molecule has 1 unspecified atom stereocenters. The van der Waals surface area contributed by atoms with E-state index >= 15 is 0 Å². The first-order valence-corrected chi connectivity index (χ1v) is 11.9. The SMILES string of the molecule is CCC[NH+](CC)CCCNC(=O)c1ccc2c(c1)NC(=O)C(=Cc1ccccc1Cl)S2. The zero-order valence-electron chi connectivity index (χ0n) is 18.0. The molecule has 0 fully saturated rings. The zero-order valence-corrected chi connectivity index (χ0v) is 19.5. The summed E-state index contributed by atoms with van der Waals surface area (Å²) in [6.07, 6.45) is 3.90. The summed E-state index contributed by atoms with van der Waals surface area (Å²) in [6, 6.07) is 12.8. The highest BCUT2D eigenvalue weighted by molar-refractivity contribution is 8.04. The van der Waals surface area contributed by atoms with Crippen molar-refractivity contribution in [2.75, 3.05) is 31.5 Å². The van der Waals surface area contributed by atoms with E-state index in [0.29, 0.717) is 27.7 Å². The number of halogens is 1. The van der Waals surface area contributed by atoms with Gasteiger partial charge >= 0.3 is 0 Å². The van der Waals surface area contributed by atoms with Gasteiger partial charge < -0.3 is 15.5 Å². The maximum Gasteiger partial charge on any atom is 0.262 e. The van der Waals surface area contributed by atoms with Crippen LogP contribution in [-0.4, -0.2) is 38.0 Å². The van der Waals surface area contributed by atoms with Crippen molar-refractivity contribution >= 4 is 46.9 Å². The molecule has 1 atom stereocenters. The summed E-state index contributed by atoms with van der Waals surface area (Å²) < 4.78 is 0. The van der Waals surface area contributed by atoms with Gasteiger partial charge in [-0.1, -0.05) is 48.5 Å². The lowest BCUT2D eigenvalue weighted by molar-refractivity contribution is -0.898. The molecule has 0 spiro atoms. The summed E-state index contributed by atoms with van der Waals surface area (Å²) in [5, 5.41) is 6.48. The predicted octanol–water partition coefficient (Wildman–Crippen LogP) is 3.86. The fourth-order valence-electron chi connectivity index (χ4n) is 3.51. The molecule has 1 heterocycles. The van der Waals surface area contributed by atoms with Crippen LogP contribution < -0.4 is 15.5 Å². The molecule has 0 aromatic heterocycles. The van der Waals surface area contributed by atoms with Gasteiger partial charge in [0, 0.05) is 28.4 Å². The molecule has 0 radical (unpaired) electrons. The lowest BCUT2D eigenvalue weighted by Crippen LogP contribution is -3.11. The Bertz CT molecular complexity index is 977. The van der Waals surface area contributed by atoms with E-state index in [0.717, 1.165) is 30.0 Å². The summed E-state index contributed by atoms with van der Waals surface area (Å²) in [4.78, 5) is 28.1. The highest BCUT2D eigenvalue weighted by atomic mass is 35.5. The molecule has 164 valence electrons. The van der Waals surface area contributed by atoms with Gasteiger partial charge in [0.2, 0.25) is 0 Å². The number of quaternary nitrogens is 1.